The maximum atomic E-state index is 5.60. The van der Waals surface area contributed by atoms with Crippen LogP contribution in [0.25, 0.3) is 0 Å². The number of pyridine rings is 1. The maximum Gasteiger partial charge on any atom is 0.138 e. The molecule has 0 N–H and O–H groups in total. The lowest BCUT2D eigenvalue weighted by Gasteiger charge is -2.08. The van der Waals surface area contributed by atoms with Gasteiger partial charge in [-0.25, -0.2) is 0 Å². The minimum atomic E-state index is 0.508. The standard InChI is InChI=1S/C13H12BrNO2/c1-16-13-5-4-10(7-12(13)14)9-17-11-3-2-6-15-8-11/h2-8H,9H2,1H3. The number of ether oxygens (including phenoxy) is 2. The summed E-state index contributed by atoms with van der Waals surface area (Å²) >= 11 is 3.44. The van der Waals surface area contributed by atoms with Gasteiger partial charge in [-0.1, -0.05) is 6.07 Å². The number of nitrogens with zero attached hydrogens (tertiary/aromatic N) is 1. The molecule has 2 aromatic rings. The second kappa shape index (κ2) is 5.68. The molecule has 1 aromatic heterocycles. The zero-order valence-electron chi connectivity index (χ0n) is 9.39. The van der Waals surface area contributed by atoms with E-state index in [1.807, 2.05) is 30.3 Å². The van der Waals surface area contributed by atoms with Crippen molar-refractivity contribution in [1.82, 2.24) is 4.98 Å². The number of halogens is 1. The third kappa shape index (κ3) is 3.20. The van der Waals surface area contributed by atoms with Gasteiger partial charge < -0.3 is 9.47 Å². The molecule has 3 nitrogen and oxygen atoms in total. The van der Waals surface area contributed by atoms with E-state index in [0.717, 1.165) is 21.5 Å². The van der Waals surface area contributed by atoms with Gasteiger partial charge in [0, 0.05) is 6.20 Å². The van der Waals surface area contributed by atoms with E-state index in [1.165, 1.54) is 0 Å². The third-order valence-corrected chi connectivity index (χ3v) is 2.88. The van der Waals surface area contributed by atoms with Gasteiger partial charge in [-0.3, -0.25) is 4.98 Å². The predicted molar refractivity (Wildman–Crippen MR) is 69.3 cm³/mol. The average Bonchev–Trinajstić information content (AvgIpc) is 2.38. The van der Waals surface area contributed by atoms with Gasteiger partial charge in [-0.05, 0) is 45.8 Å². The topological polar surface area (TPSA) is 31.4 Å². The molecule has 0 aliphatic rings. The molecule has 2 rings (SSSR count). The summed E-state index contributed by atoms with van der Waals surface area (Å²) in [6.07, 6.45) is 3.41. The molecular weight excluding hydrogens is 282 g/mol. The molecule has 4 heteroatoms. The second-order valence-corrected chi connectivity index (χ2v) is 4.30. The van der Waals surface area contributed by atoms with E-state index in [4.69, 9.17) is 9.47 Å². The Kier molecular flexibility index (Phi) is 3.98. The minimum Gasteiger partial charge on any atom is -0.496 e. The molecular formula is C13H12BrNO2. The van der Waals surface area contributed by atoms with Crippen LogP contribution in [0.1, 0.15) is 5.56 Å². The smallest absolute Gasteiger partial charge is 0.138 e. The van der Waals surface area contributed by atoms with E-state index in [0.29, 0.717) is 6.61 Å². The molecule has 0 amide bonds. The van der Waals surface area contributed by atoms with Crippen LogP contribution in [-0.2, 0) is 6.61 Å². The van der Waals surface area contributed by atoms with E-state index in [9.17, 15) is 0 Å². The Morgan fingerprint density at radius 2 is 2.18 bits per heavy atom. The Hall–Kier alpha value is -1.55. The zero-order valence-corrected chi connectivity index (χ0v) is 11.0. The Morgan fingerprint density at radius 3 is 2.82 bits per heavy atom. The predicted octanol–water partition coefficient (Wildman–Crippen LogP) is 3.43. The van der Waals surface area contributed by atoms with E-state index in [1.54, 1.807) is 19.5 Å². The lowest BCUT2D eigenvalue weighted by Crippen LogP contribution is -1.96. The molecule has 0 fully saturated rings. The number of aromatic nitrogens is 1. The molecule has 0 bridgehead atoms. The van der Waals surface area contributed by atoms with E-state index >= 15 is 0 Å². The number of hydrogen-bond acceptors (Lipinski definition) is 3. The molecule has 17 heavy (non-hydrogen) atoms. The number of rotatable bonds is 4. The van der Waals surface area contributed by atoms with Crippen LogP contribution in [0, 0.1) is 0 Å². The van der Waals surface area contributed by atoms with Gasteiger partial charge in [0.1, 0.15) is 18.1 Å². The fourth-order valence-corrected chi connectivity index (χ4v) is 1.99. The van der Waals surface area contributed by atoms with Gasteiger partial charge in [0.15, 0.2) is 0 Å². The highest BCUT2D eigenvalue weighted by Gasteiger charge is 2.02. The van der Waals surface area contributed by atoms with E-state index in [2.05, 4.69) is 20.9 Å². The van der Waals surface area contributed by atoms with Gasteiger partial charge in [0.05, 0.1) is 17.8 Å². The van der Waals surface area contributed by atoms with Crippen molar-refractivity contribution in [3.8, 4) is 11.5 Å². The third-order valence-electron chi connectivity index (χ3n) is 2.26. The van der Waals surface area contributed by atoms with Gasteiger partial charge in [-0.2, -0.15) is 0 Å². The molecule has 0 aliphatic heterocycles. The molecule has 0 aliphatic carbocycles. The summed E-state index contributed by atoms with van der Waals surface area (Å²) in [6, 6.07) is 9.59. The quantitative estimate of drug-likeness (QED) is 0.865. The summed E-state index contributed by atoms with van der Waals surface area (Å²) in [4.78, 5) is 3.99. The lowest BCUT2D eigenvalue weighted by atomic mass is 10.2. The lowest BCUT2D eigenvalue weighted by molar-refractivity contribution is 0.304. The Labute approximate surface area is 109 Å². The number of benzene rings is 1. The summed E-state index contributed by atoms with van der Waals surface area (Å²) in [5.74, 6) is 1.58. The van der Waals surface area contributed by atoms with Crippen molar-refractivity contribution >= 4 is 15.9 Å². The molecule has 0 atom stereocenters. The zero-order chi connectivity index (χ0) is 12.1. The number of methoxy groups -OCH3 is 1. The average molecular weight is 294 g/mol. The van der Waals surface area contributed by atoms with Crippen LogP contribution in [0.15, 0.2) is 47.2 Å². The van der Waals surface area contributed by atoms with Gasteiger partial charge in [0.2, 0.25) is 0 Å². The molecule has 1 heterocycles. The second-order valence-electron chi connectivity index (χ2n) is 3.45. The fraction of sp³-hybridized carbons (Fsp3) is 0.154. The maximum absolute atomic E-state index is 5.60. The first-order chi connectivity index (χ1) is 8.29. The Bertz CT molecular complexity index is 488. The summed E-state index contributed by atoms with van der Waals surface area (Å²) in [5.41, 5.74) is 1.07. The highest BCUT2D eigenvalue weighted by atomic mass is 79.9. The summed E-state index contributed by atoms with van der Waals surface area (Å²) < 4.78 is 11.7. The summed E-state index contributed by atoms with van der Waals surface area (Å²) in [7, 11) is 1.64. The minimum absolute atomic E-state index is 0.508. The molecule has 0 radical (unpaired) electrons. The van der Waals surface area contributed by atoms with Gasteiger partial charge in [0.25, 0.3) is 0 Å². The molecule has 0 spiro atoms. The van der Waals surface area contributed by atoms with Crippen molar-refractivity contribution < 1.29 is 9.47 Å². The first-order valence-electron chi connectivity index (χ1n) is 5.15. The van der Waals surface area contributed by atoms with E-state index in [-0.39, 0.29) is 0 Å². The van der Waals surface area contributed by atoms with Crippen molar-refractivity contribution in [3.63, 3.8) is 0 Å². The van der Waals surface area contributed by atoms with Crippen LogP contribution in [0.4, 0.5) is 0 Å². The van der Waals surface area contributed by atoms with Crippen molar-refractivity contribution in [2.24, 2.45) is 0 Å². The van der Waals surface area contributed by atoms with Crippen LogP contribution in [0.2, 0.25) is 0 Å². The van der Waals surface area contributed by atoms with Gasteiger partial charge >= 0.3 is 0 Å². The molecule has 88 valence electrons. The first kappa shape index (κ1) is 11.9. The van der Waals surface area contributed by atoms with E-state index < -0.39 is 0 Å². The highest BCUT2D eigenvalue weighted by Crippen LogP contribution is 2.25. The molecule has 0 saturated heterocycles. The van der Waals surface area contributed by atoms with Gasteiger partial charge in [-0.15, -0.1) is 0 Å². The first-order valence-corrected chi connectivity index (χ1v) is 5.94. The fourth-order valence-electron chi connectivity index (χ4n) is 1.40. The molecule has 0 unspecified atom stereocenters. The molecule has 0 saturated carbocycles. The van der Waals surface area contributed by atoms with Crippen LogP contribution in [-0.4, -0.2) is 12.1 Å². The monoisotopic (exact) mass is 293 g/mol. The normalized spacial score (nSPS) is 10.0. The summed E-state index contributed by atoms with van der Waals surface area (Å²) in [5, 5.41) is 0. The van der Waals surface area contributed by atoms with Crippen LogP contribution < -0.4 is 9.47 Å². The van der Waals surface area contributed by atoms with Crippen LogP contribution in [0.3, 0.4) is 0 Å². The Balaban J connectivity index is 2.02. The Morgan fingerprint density at radius 1 is 1.29 bits per heavy atom. The summed E-state index contributed by atoms with van der Waals surface area (Å²) in [6.45, 7) is 0.508. The van der Waals surface area contributed by atoms with Crippen molar-refractivity contribution in [1.29, 1.82) is 0 Å². The SMILES string of the molecule is COc1ccc(COc2cccnc2)cc1Br. The van der Waals surface area contributed by atoms with Crippen LogP contribution >= 0.6 is 15.9 Å². The van der Waals surface area contributed by atoms with Crippen molar-refractivity contribution in [2.75, 3.05) is 7.11 Å². The molecule has 1 aromatic carbocycles. The largest absolute Gasteiger partial charge is 0.496 e. The van der Waals surface area contributed by atoms with Crippen molar-refractivity contribution in [3.05, 3.63) is 52.8 Å². The number of hydrogen-bond donors (Lipinski definition) is 0. The highest BCUT2D eigenvalue weighted by molar-refractivity contribution is 9.10. The van der Waals surface area contributed by atoms with Crippen molar-refractivity contribution in [2.45, 2.75) is 6.61 Å². The van der Waals surface area contributed by atoms with Crippen LogP contribution in [0.5, 0.6) is 11.5 Å².